The molecule has 0 saturated heterocycles. The van der Waals surface area contributed by atoms with E-state index in [1.54, 1.807) is 24.3 Å². The van der Waals surface area contributed by atoms with Crippen LogP contribution in [0.5, 0.6) is 0 Å². The number of amides is 1. The van der Waals surface area contributed by atoms with E-state index < -0.39 is 4.92 Å². The number of nitro groups is 1. The SMILES string of the molecule is O=C(CSCc1ccc([N+](=O)[O-])cc1)N/N=C/c1cccc(F)c1. The molecule has 0 aliphatic carbocycles. The Morgan fingerprint density at radius 1 is 1.29 bits per heavy atom. The second-order valence-corrected chi connectivity index (χ2v) is 5.75. The molecule has 0 radical (unpaired) electrons. The highest BCUT2D eigenvalue weighted by atomic mass is 32.2. The zero-order chi connectivity index (χ0) is 17.4. The van der Waals surface area contributed by atoms with Crippen LogP contribution in [0.1, 0.15) is 11.1 Å². The van der Waals surface area contributed by atoms with E-state index in [1.807, 2.05) is 0 Å². The van der Waals surface area contributed by atoms with Crippen LogP contribution in [0.3, 0.4) is 0 Å². The third-order valence-corrected chi connectivity index (χ3v) is 3.90. The van der Waals surface area contributed by atoms with Crippen LogP contribution in [0.4, 0.5) is 10.1 Å². The van der Waals surface area contributed by atoms with Gasteiger partial charge in [-0.2, -0.15) is 5.10 Å². The fourth-order valence-electron chi connectivity index (χ4n) is 1.77. The van der Waals surface area contributed by atoms with E-state index in [9.17, 15) is 19.3 Å². The summed E-state index contributed by atoms with van der Waals surface area (Å²) in [4.78, 5) is 21.7. The Balaban J connectivity index is 1.72. The van der Waals surface area contributed by atoms with Gasteiger partial charge in [0.15, 0.2) is 0 Å². The van der Waals surface area contributed by atoms with Crippen molar-refractivity contribution < 1.29 is 14.1 Å². The lowest BCUT2D eigenvalue weighted by atomic mass is 10.2. The summed E-state index contributed by atoms with van der Waals surface area (Å²) >= 11 is 1.36. The van der Waals surface area contributed by atoms with Gasteiger partial charge in [-0.15, -0.1) is 11.8 Å². The smallest absolute Gasteiger partial charge is 0.269 e. The molecule has 2 aromatic carbocycles. The number of non-ortho nitro benzene ring substituents is 1. The van der Waals surface area contributed by atoms with Crippen LogP contribution in [0.15, 0.2) is 53.6 Å². The van der Waals surface area contributed by atoms with Crippen molar-refractivity contribution in [3.8, 4) is 0 Å². The second kappa shape index (κ2) is 8.78. The average Bonchev–Trinajstić information content (AvgIpc) is 2.55. The van der Waals surface area contributed by atoms with Crippen LogP contribution in [0.2, 0.25) is 0 Å². The molecule has 124 valence electrons. The molecule has 0 aliphatic rings. The summed E-state index contributed by atoms with van der Waals surface area (Å²) in [6.45, 7) is 0. The predicted molar refractivity (Wildman–Crippen MR) is 91.4 cm³/mol. The standard InChI is InChI=1S/C16H14FN3O3S/c17-14-3-1-2-13(8-14)9-18-19-16(21)11-24-10-12-4-6-15(7-5-12)20(22)23/h1-9H,10-11H2,(H,19,21)/b18-9+. The van der Waals surface area contributed by atoms with Gasteiger partial charge in [0.1, 0.15) is 5.82 Å². The van der Waals surface area contributed by atoms with E-state index in [0.29, 0.717) is 11.3 Å². The van der Waals surface area contributed by atoms with E-state index in [2.05, 4.69) is 10.5 Å². The molecule has 0 fully saturated rings. The molecule has 0 bridgehead atoms. The van der Waals surface area contributed by atoms with Crippen molar-refractivity contribution in [1.82, 2.24) is 5.43 Å². The summed E-state index contributed by atoms with van der Waals surface area (Å²) in [5.41, 5.74) is 3.83. The summed E-state index contributed by atoms with van der Waals surface area (Å²) in [7, 11) is 0. The number of hydrazone groups is 1. The third-order valence-electron chi connectivity index (χ3n) is 2.90. The van der Waals surface area contributed by atoms with Crippen molar-refractivity contribution >= 4 is 29.6 Å². The first-order chi connectivity index (χ1) is 11.5. The Hall–Kier alpha value is -2.74. The number of nitro benzene ring substituents is 1. The lowest BCUT2D eigenvalue weighted by Gasteiger charge is -2.01. The fourth-order valence-corrected chi connectivity index (χ4v) is 2.55. The molecule has 2 rings (SSSR count). The van der Waals surface area contributed by atoms with Crippen LogP contribution in [-0.4, -0.2) is 22.8 Å². The van der Waals surface area contributed by atoms with Gasteiger partial charge in [0, 0.05) is 17.9 Å². The molecule has 0 unspecified atom stereocenters. The number of nitrogens with one attached hydrogen (secondary N) is 1. The number of carbonyl (C=O) groups excluding carboxylic acids is 1. The molecule has 2 aromatic rings. The first kappa shape index (κ1) is 17.6. The van der Waals surface area contributed by atoms with Crippen LogP contribution >= 0.6 is 11.8 Å². The van der Waals surface area contributed by atoms with Gasteiger partial charge < -0.3 is 0 Å². The number of rotatable bonds is 7. The Labute approximate surface area is 141 Å². The van der Waals surface area contributed by atoms with Gasteiger partial charge in [0.25, 0.3) is 5.69 Å². The fraction of sp³-hybridized carbons (Fsp3) is 0.125. The number of nitrogens with zero attached hydrogens (tertiary/aromatic N) is 2. The predicted octanol–water partition coefficient (Wildman–Crippen LogP) is 3.12. The molecule has 0 spiro atoms. The van der Waals surface area contributed by atoms with Gasteiger partial charge in [0.05, 0.1) is 16.9 Å². The van der Waals surface area contributed by atoms with Crippen molar-refractivity contribution in [2.45, 2.75) is 5.75 Å². The van der Waals surface area contributed by atoms with Crippen LogP contribution in [0, 0.1) is 15.9 Å². The number of hydrogen-bond donors (Lipinski definition) is 1. The summed E-state index contributed by atoms with van der Waals surface area (Å²) < 4.78 is 13.0. The highest BCUT2D eigenvalue weighted by Crippen LogP contribution is 2.16. The summed E-state index contributed by atoms with van der Waals surface area (Å²) in [6.07, 6.45) is 1.36. The number of carbonyl (C=O) groups is 1. The maximum atomic E-state index is 13.0. The van der Waals surface area contributed by atoms with Crippen molar-refractivity contribution in [2.75, 3.05) is 5.75 Å². The largest absolute Gasteiger partial charge is 0.272 e. The molecule has 24 heavy (non-hydrogen) atoms. The minimum atomic E-state index is -0.457. The van der Waals surface area contributed by atoms with Crippen molar-refractivity contribution in [1.29, 1.82) is 0 Å². The monoisotopic (exact) mass is 347 g/mol. The number of hydrogen-bond acceptors (Lipinski definition) is 5. The summed E-state index contributed by atoms with van der Waals surface area (Å²) in [5.74, 6) is 0.0924. The molecule has 0 heterocycles. The summed E-state index contributed by atoms with van der Waals surface area (Å²) in [6, 6.07) is 12.0. The van der Waals surface area contributed by atoms with Crippen LogP contribution < -0.4 is 5.43 Å². The zero-order valence-corrected chi connectivity index (χ0v) is 13.3. The van der Waals surface area contributed by atoms with E-state index >= 15 is 0 Å². The first-order valence-corrected chi connectivity index (χ1v) is 8.08. The number of benzene rings is 2. The van der Waals surface area contributed by atoms with E-state index in [1.165, 1.54) is 42.2 Å². The number of thioether (sulfide) groups is 1. The molecule has 1 amide bonds. The van der Waals surface area contributed by atoms with E-state index in [-0.39, 0.29) is 23.2 Å². The van der Waals surface area contributed by atoms with Crippen molar-refractivity contribution in [2.24, 2.45) is 5.10 Å². The van der Waals surface area contributed by atoms with Crippen LogP contribution in [-0.2, 0) is 10.5 Å². The van der Waals surface area contributed by atoms with Gasteiger partial charge in [-0.1, -0.05) is 24.3 Å². The lowest BCUT2D eigenvalue weighted by Crippen LogP contribution is -2.19. The molecule has 0 atom stereocenters. The molecule has 0 aromatic heterocycles. The molecule has 6 nitrogen and oxygen atoms in total. The maximum absolute atomic E-state index is 13.0. The normalized spacial score (nSPS) is 10.7. The molecule has 8 heteroatoms. The Bertz CT molecular complexity index is 750. The van der Waals surface area contributed by atoms with Gasteiger partial charge in [0.2, 0.25) is 5.91 Å². The van der Waals surface area contributed by atoms with Gasteiger partial charge >= 0.3 is 0 Å². The van der Waals surface area contributed by atoms with Crippen molar-refractivity contribution in [3.05, 3.63) is 75.6 Å². The highest BCUT2D eigenvalue weighted by molar-refractivity contribution is 7.99. The maximum Gasteiger partial charge on any atom is 0.269 e. The second-order valence-electron chi connectivity index (χ2n) is 4.76. The zero-order valence-electron chi connectivity index (χ0n) is 12.5. The topological polar surface area (TPSA) is 84.6 Å². The Morgan fingerprint density at radius 3 is 2.71 bits per heavy atom. The molecule has 0 saturated carbocycles. The van der Waals surface area contributed by atoms with E-state index in [0.717, 1.165) is 5.56 Å². The average molecular weight is 347 g/mol. The lowest BCUT2D eigenvalue weighted by molar-refractivity contribution is -0.384. The highest BCUT2D eigenvalue weighted by Gasteiger charge is 2.05. The minimum absolute atomic E-state index is 0.0354. The molecule has 0 aliphatic heterocycles. The van der Waals surface area contributed by atoms with Crippen LogP contribution in [0.25, 0.3) is 0 Å². The molecular formula is C16H14FN3O3S. The van der Waals surface area contributed by atoms with Gasteiger partial charge in [-0.3, -0.25) is 14.9 Å². The first-order valence-electron chi connectivity index (χ1n) is 6.93. The Morgan fingerprint density at radius 2 is 2.04 bits per heavy atom. The van der Waals surface area contributed by atoms with Gasteiger partial charge in [-0.25, -0.2) is 9.82 Å². The molecule has 1 N–H and O–H groups in total. The van der Waals surface area contributed by atoms with Gasteiger partial charge in [-0.05, 0) is 23.3 Å². The number of halogens is 1. The summed E-state index contributed by atoms with van der Waals surface area (Å²) in [5, 5.41) is 14.3. The third kappa shape index (κ3) is 5.81. The minimum Gasteiger partial charge on any atom is -0.272 e. The Kier molecular flexibility index (Phi) is 6.44. The van der Waals surface area contributed by atoms with Crippen molar-refractivity contribution in [3.63, 3.8) is 0 Å². The quantitative estimate of drug-likeness (QED) is 0.474. The molecular weight excluding hydrogens is 333 g/mol. The van der Waals surface area contributed by atoms with E-state index in [4.69, 9.17) is 0 Å².